The van der Waals surface area contributed by atoms with Crippen molar-refractivity contribution in [1.29, 1.82) is 0 Å². The molecule has 0 bridgehead atoms. The van der Waals surface area contributed by atoms with Crippen molar-refractivity contribution in [2.75, 3.05) is 5.43 Å². The van der Waals surface area contributed by atoms with Gasteiger partial charge in [0, 0.05) is 22.3 Å². The molecule has 2 aromatic rings. The first-order chi connectivity index (χ1) is 10.0. The summed E-state index contributed by atoms with van der Waals surface area (Å²) in [7, 11) is 0. The average molecular weight is 326 g/mol. The van der Waals surface area contributed by atoms with Crippen molar-refractivity contribution in [2.45, 2.75) is 13.5 Å². The number of benzene rings is 1. The zero-order chi connectivity index (χ0) is 15.4. The summed E-state index contributed by atoms with van der Waals surface area (Å²) in [6, 6.07) is 4.95. The Morgan fingerprint density at radius 3 is 2.86 bits per heavy atom. The number of nitrogens with zero attached hydrogens (tertiary/aromatic N) is 2. The van der Waals surface area contributed by atoms with E-state index in [1.54, 1.807) is 25.1 Å². The predicted molar refractivity (Wildman–Crippen MR) is 84.2 cm³/mol. The molecule has 21 heavy (non-hydrogen) atoms. The van der Waals surface area contributed by atoms with E-state index in [0.717, 1.165) is 0 Å². The number of anilines is 1. The lowest BCUT2D eigenvalue weighted by molar-refractivity contribution is 0.280. The van der Waals surface area contributed by atoms with Gasteiger partial charge in [0.25, 0.3) is 0 Å². The first kappa shape index (κ1) is 15.6. The largest absolute Gasteiger partial charge is 0.505 e. The number of aromatic nitrogens is 1. The fraction of sp³-hybridized carbons (Fsp3) is 0.143. The van der Waals surface area contributed by atoms with Crippen molar-refractivity contribution in [1.82, 2.24) is 4.98 Å². The average Bonchev–Trinajstić information content (AvgIpc) is 2.47. The van der Waals surface area contributed by atoms with Crippen LogP contribution in [0.3, 0.4) is 0 Å². The van der Waals surface area contributed by atoms with Gasteiger partial charge in [0.1, 0.15) is 5.75 Å². The van der Waals surface area contributed by atoms with Crippen LogP contribution in [0.4, 0.5) is 5.69 Å². The number of aliphatic hydroxyl groups is 1. The summed E-state index contributed by atoms with van der Waals surface area (Å²) < 4.78 is 0. The number of aromatic hydroxyl groups is 1. The van der Waals surface area contributed by atoms with Gasteiger partial charge in [0.15, 0.2) is 0 Å². The van der Waals surface area contributed by atoms with Gasteiger partial charge < -0.3 is 10.2 Å². The number of hydrogen-bond donors (Lipinski definition) is 3. The molecule has 0 aliphatic heterocycles. The number of hydrogen-bond acceptors (Lipinski definition) is 5. The van der Waals surface area contributed by atoms with Gasteiger partial charge in [-0.3, -0.25) is 10.4 Å². The van der Waals surface area contributed by atoms with E-state index in [1.165, 1.54) is 12.4 Å². The molecule has 0 aliphatic rings. The molecule has 0 fully saturated rings. The fourth-order valence-corrected chi connectivity index (χ4v) is 2.00. The van der Waals surface area contributed by atoms with Crippen LogP contribution in [0.5, 0.6) is 5.75 Å². The highest BCUT2D eigenvalue weighted by molar-refractivity contribution is 6.35. The number of aryl methyl sites for hydroxylation is 1. The maximum Gasteiger partial charge on any atom is 0.145 e. The van der Waals surface area contributed by atoms with E-state index >= 15 is 0 Å². The summed E-state index contributed by atoms with van der Waals surface area (Å²) in [5, 5.41) is 24.2. The third-order valence-electron chi connectivity index (χ3n) is 2.84. The van der Waals surface area contributed by atoms with Gasteiger partial charge in [0.05, 0.1) is 29.2 Å². The van der Waals surface area contributed by atoms with Crippen molar-refractivity contribution in [3.63, 3.8) is 0 Å². The van der Waals surface area contributed by atoms with Gasteiger partial charge in [0.2, 0.25) is 0 Å². The van der Waals surface area contributed by atoms with Gasteiger partial charge in [-0.1, -0.05) is 23.2 Å². The third-order valence-corrected chi connectivity index (χ3v) is 3.40. The Hall–Kier alpha value is -1.82. The Bertz CT molecular complexity index is 690. The standard InChI is InChI=1S/C14H13Cl2N3O2/c1-8-14(21)11(9(7-20)5-17-8)6-18-19-13-4-10(15)2-3-12(13)16/h2-6,19-21H,7H2,1H3/b18-6+. The summed E-state index contributed by atoms with van der Waals surface area (Å²) in [5.41, 5.74) is 4.60. The highest BCUT2D eigenvalue weighted by Gasteiger charge is 2.09. The number of hydrazone groups is 1. The van der Waals surface area contributed by atoms with Crippen molar-refractivity contribution in [2.24, 2.45) is 5.10 Å². The van der Waals surface area contributed by atoms with Gasteiger partial charge >= 0.3 is 0 Å². The van der Waals surface area contributed by atoms with E-state index in [0.29, 0.717) is 32.6 Å². The molecular weight excluding hydrogens is 313 g/mol. The van der Waals surface area contributed by atoms with E-state index < -0.39 is 0 Å². The Morgan fingerprint density at radius 2 is 2.14 bits per heavy atom. The first-order valence-corrected chi connectivity index (χ1v) is 6.81. The third kappa shape index (κ3) is 3.64. The maximum atomic E-state index is 9.97. The summed E-state index contributed by atoms with van der Waals surface area (Å²) in [6.07, 6.45) is 2.88. The lowest BCUT2D eigenvalue weighted by Gasteiger charge is -2.07. The first-order valence-electron chi connectivity index (χ1n) is 6.05. The van der Waals surface area contributed by atoms with Crippen LogP contribution >= 0.6 is 23.2 Å². The molecule has 0 aliphatic carbocycles. The monoisotopic (exact) mass is 325 g/mol. The van der Waals surface area contributed by atoms with Gasteiger partial charge in [-0.05, 0) is 25.1 Å². The number of nitrogens with one attached hydrogen (secondary N) is 1. The Kier molecular flexibility index (Phi) is 5.01. The minimum absolute atomic E-state index is 0.0238. The molecule has 5 nitrogen and oxygen atoms in total. The van der Waals surface area contributed by atoms with Gasteiger partial charge in [-0.15, -0.1) is 0 Å². The number of pyridine rings is 1. The topological polar surface area (TPSA) is 77.7 Å². The highest BCUT2D eigenvalue weighted by atomic mass is 35.5. The summed E-state index contributed by atoms with van der Waals surface area (Å²) in [5.74, 6) is -0.0238. The van der Waals surface area contributed by atoms with Crippen LogP contribution in [0.15, 0.2) is 29.5 Å². The molecule has 0 saturated heterocycles. The Morgan fingerprint density at radius 1 is 1.38 bits per heavy atom. The summed E-state index contributed by atoms with van der Waals surface area (Å²) >= 11 is 11.9. The summed E-state index contributed by atoms with van der Waals surface area (Å²) in [4.78, 5) is 3.97. The normalized spacial score (nSPS) is 11.0. The zero-order valence-electron chi connectivity index (χ0n) is 11.1. The number of halogens is 2. The molecule has 0 atom stereocenters. The second-order valence-corrected chi connectivity index (χ2v) is 5.13. The van der Waals surface area contributed by atoms with Gasteiger partial charge in [-0.25, -0.2) is 0 Å². The number of aliphatic hydroxyl groups excluding tert-OH is 1. The maximum absolute atomic E-state index is 9.97. The van der Waals surface area contributed by atoms with Crippen molar-refractivity contribution >= 4 is 35.1 Å². The second-order valence-electron chi connectivity index (χ2n) is 4.28. The van der Waals surface area contributed by atoms with Crippen LogP contribution in [-0.2, 0) is 6.61 Å². The molecule has 0 radical (unpaired) electrons. The molecule has 2 rings (SSSR count). The van der Waals surface area contributed by atoms with Crippen LogP contribution in [0, 0.1) is 6.92 Å². The Labute approximate surface area is 131 Å². The molecule has 7 heteroatoms. The van der Waals surface area contributed by atoms with E-state index in [2.05, 4.69) is 15.5 Å². The lowest BCUT2D eigenvalue weighted by atomic mass is 10.1. The minimum atomic E-state index is -0.250. The molecule has 3 N–H and O–H groups in total. The van der Waals surface area contributed by atoms with Crippen LogP contribution < -0.4 is 5.43 Å². The van der Waals surface area contributed by atoms with E-state index in [4.69, 9.17) is 23.2 Å². The smallest absolute Gasteiger partial charge is 0.145 e. The van der Waals surface area contributed by atoms with Crippen molar-refractivity contribution in [3.8, 4) is 5.75 Å². The Balaban J connectivity index is 2.26. The van der Waals surface area contributed by atoms with Crippen molar-refractivity contribution in [3.05, 3.63) is 51.3 Å². The number of rotatable bonds is 4. The zero-order valence-corrected chi connectivity index (χ0v) is 12.7. The van der Waals surface area contributed by atoms with Crippen LogP contribution in [0.25, 0.3) is 0 Å². The van der Waals surface area contributed by atoms with E-state index in [1.807, 2.05) is 0 Å². The van der Waals surface area contributed by atoms with Crippen LogP contribution in [0.2, 0.25) is 10.0 Å². The van der Waals surface area contributed by atoms with Gasteiger partial charge in [-0.2, -0.15) is 5.10 Å². The predicted octanol–water partition coefficient (Wildman–Crippen LogP) is 3.34. The van der Waals surface area contributed by atoms with Crippen molar-refractivity contribution < 1.29 is 10.2 Å². The lowest BCUT2D eigenvalue weighted by Crippen LogP contribution is -1.99. The van der Waals surface area contributed by atoms with Crippen LogP contribution in [-0.4, -0.2) is 21.4 Å². The molecule has 0 saturated carbocycles. The molecule has 0 amide bonds. The fourth-order valence-electron chi connectivity index (χ4n) is 1.67. The molecule has 110 valence electrons. The van der Waals surface area contributed by atoms with Crippen LogP contribution in [0.1, 0.15) is 16.8 Å². The van der Waals surface area contributed by atoms with E-state index in [-0.39, 0.29) is 12.4 Å². The molecule has 0 unspecified atom stereocenters. The van der Waals surface area contributed by atoms with E-state index in [9.17, 15) is 10.2 Å². The quantitative estimate of drug-likeness (QED) is 0.595. The molecule has 0 spiro atoms. The summed E-state index contributed by atoms with van der Waals surface area (Å²) in [6.45, 7) is 1.41. The second kappa shape index (κ2) is 6.76. The molecule has 1 aromatic carbocycles. The molecule has 1 aromatic heterocycles. The SMILES string of the molecule is Cc1ncc(CO)c(/C=N/Nc2cc(Cl)ccc2Cl)c1O. The highest BCUT2D eigenvalue weighted by Crippen LogP contribution is 2.26. The molecule has 1 heterocycles. The molecular formula is C14H13Cl2N3O2. The minimum Gasteiger partial charge on any atom is -0.505 e.